The predicted octanol–water partition coefficient (Wildman–Crippen LogP) is 1.31. The minimum Gasteiger partial charge on any atom is -0.398 e. The number of para-hydroxylation sites is 1. The van der Waals surface area contributed by atoms with Crippen LogP contribution in [0.25, 0.3) is 0 Å². The maximum absolute atomic E-state index is 5.79. The van der Waals surface area contributed by atoms with Crippen LogP contribution in [0.1, 0.15) is 5.56 Å². The summed E-state index contributed by atoms with van der Waals surface area (Å²) in [5, 5.41) is 0. The Bertz CT molecular complexity index is 379. The summed E-state index contributed by atoms with van der Waals surface area (Å²) in [5.74, 6) is 0. The van der Waals surface area contributed by atoms with Gasteiger partial charge in [-0.25, -0.2) is 4.98 Å². The average Bonchev–Trinajstić information content (AvgIpc) is 2.61. The van der Waals surface area contributed by atoms with Crippen LogP contribution < -0.4 is 5.73 Å². The van der Waals surface area contributed by atoms with Gasteiger partial charge in [-0.05, 0) is 11.6 Å². The van der Waals surface area contributed by atoms with Crippen LogP contribution in [0.5, 0.6) is 0 Å². The van der Waals surface area contributed by atoms with Gasteiger partial charge in [0.05, 0.1) is 6.54 Å². The van der Waals surface area contributed by atoms with E-state index in [0.29, 0.717) is 0 Å². The normalized spacial score (nSPS) is 10.2. The third-order valence-electron chi connectivity index (χ3n) is 1.90. The van der Waals surface area contributed by atoms with Gasteiger partial charge in [0.2, 0.25) is 0 Å². The van der Waals surface area contributed by atoms with Gasteiger partial charge in [-0.2, -0.15) is 0 Å². The topological polar surface area (TPSA) is 43.8 Å². The molecule has 1 aromatic carbocycles. The average molecular weight is 172 g/mol. The lowest BCUT2D eigenvalue weighted by molar-refractivity contribution is 0.792. The van der Waals surface area contributed by atoms with Crippen molar-refractivity contribution >= 4 is 5.69 Å². The van der Waals surface area contributed by atoms with Crippen molar-refractivity contribution in [1.82, 2.24) is 9.55 Å². The van der Waals surface area contributed by atoms with Crippen LogP contribution in [-0.2, 0) is 6.54 Å². The van der Waals surface area contributed by atoms with Gasteiger partial charge >= 0.3 is 0 Å². The molecule has 1 heterocycles. The summed E-state index contributed by atoms with van der Waals surface area (Å²) in [4.78, 5) is 3.85. The molecule has 3 heteroatoms. The predicted molar refractivity (Wildman–Crippen MR) is 51.0 cm³/mol. The molecule has 0 aliphatic heterocycles. The summed E-state index contributed by atoms with van der Waals surface area (Å²) < 4.78 is 1.87. The highest BCUT2D eigenvalue weighted by molar-refractivity contribution is 5.46. The number of nitrogens with zero attached hydrogens (tertiary/aromatic N) is 2. The number of hydrogen-bond donors (Lipinski definition) is 1. The number of anilines is 1. The van der Waals surface area contributed by atoms with Gasteiger partial charge in [-0.15, -0.1) is 0 Å². The standard InChI is InChI=1S/C10H10N3/c11-10-4-2-1-3-9(10)7-13-6-5-12-8-13/h1-6H,7,11H2. The third kappa shape index (κ3) is 1.69. The first-order valence-corrected chi connectivity index (χ1v) is 4.08. The SMILES string of the molecule is Nc1ccccc1Cn1[c]ncc1. The van der Waals surface area contributed by atoms with E-state index in [1.807, 2.05) is 35.0 Å². The van der Waals surface area contributed by atoms with Crippen LogP contribution in [0, 0.1) is 6.33 Å². The van der Waals surface area contributed by atoms with Crippen molar-refractivity contribution in [2.45, 2.75) is 6.54 Å². The summed E-state index contributed by atoms with van der Waals surface area (Å²) >= 11 is 0. The Balaban J connectivity index is 2.24. The zero-order valence-electron chi connectivity index (χ0n) is 7.14. The molecule has 2 rings (SSSR count). The Kier molecular flexibility index (Phi) is 2.00. The molecule has 1 radical (unpaired) electrons. The van der Waals surface area contributed by atoms with E-state index < -0.39 is 0 Å². The number of benzene rings is 1. The highest BCUT2D eigenvalue weighted by Gasteiger charge is 1.97. The van der Waals surface area contributed by atoms with Crippen molar-refractivity contribution in [3.8, 4) is 0 Å². The lowest BCUT2D eigenvalue weighted by Gasteiger charge is -2.04. The molecule has 2 N–H and O–H groups in total. The van der Waals surface area contributed by atoms with Crippen molar-refractivity contribution in [1.29, 1.82) is 0 Å². The van der Waals surface area contributed by atoms with E-state index in [2.05, 4.69) is 11.3 Å². The molecule has 0 fully saturated rings. The van der Waals surface area contributed by atoms with Crippen molar-refractivity contribution < 1.29 is 0 Å². The Labute approximate surface area is 76.8 Å². The number of imidazole rings is 1. The fourth-order valence-corrected chi connectivity index (χ4v) is 1.20. The number of hydrogen-bond acceptors (Lipinski definition) is 2. The Morgan fingerprint density at radius 2 is 2.23 bits per heavy atom. The molecular weight excluding hydrogens is 162 g/mol. The molecule has 0 bridgehead atoms. The smallest absolute Gasteiger partial charge is 0.176 e. The molecule has 3 nitrogen and oxygen atoms in total. The molecule has 0 saturated carbocycles. The molecule has 0 atom stereocenters. The van der Waals surface area contributed by atoms with E-state index in [1.165, 1.54) is 0 Å². The van der Waals surface area contributed by atoms with E-state index in [0.717, 1.165) is 17.8 Å². The summed E-state index contributed by atoms with van der Waals surface area (Å²) in [6, 6.07) is 7.80. The van der Waals surface area contributed by atoms with E-state index in [-0.39, 0.29) is 0 Å². The second-order valence-corrected chi connectivity index (χ2v) is 2.85. The van der Waals surface area contributed by atoms with Crippen LogP contribution >= 0.6 is 0 Å². The fourth-order valence-electron chi connectivity index (χ4n) is 1.20. The summed E-state index contributed by atoms with van der Waals surface area (Å²) in [6.45, 7) is 0.729. The van der Waals surface area contributed by atoms with E-state index in [1.54, 1.807) is 6.20 Å². The molecule has 65 valence electrons. The summed E-state index contributed by atoms with van der Waals surface area (Å²) in [7, 11) is 0. The van der Waals surface area contributed by atoms with Crippen LogP contribution in [0.15, 0.2) is 36.7 Å². The van der Waals surface area contributed by atoms with Gasteiger partial charge in [0.25, 0.3) is 0 Å². The van der Waals surface area contributed by atoms with Crippen molar-refractivity contribution in [2.75, 3.05) is 5.73 Å². The molecule has 0 aliphatic carbocycles. The van der Waals surface area contributed by atoms with Crippen LogP contribution in [0.3, 0.4) is 0 Å². The van der Waals surface area contributed by atoms with E-state index in [4.69, 9.17) is 5.73 Å². The zero-order valence-corrected chi connectivity index (χ0v) is 7.14. The molecule has 0 amide bonds. The first-order valence-electron chi connectivity index (χ1n) is 4.08. The number of nitrogens with two attached hydrogens (primary N) is 1. The van der Waals surface area contributed by atoms with Gasteiger partial charge in [-0.3, -0.25) is 0 Å². The first kappa shape index (κ1) is 7.86. The van der Waals surface area contributed by atoms with Gasteiger partial charge in [0.1, 0.15) is 0 Å². The molecule has 1 aromatic heterocycles. The van der Waals surface area contributed by atoms with Gasteiger partial charge in [0.15, 0.2) is 6.33 Å². The Morgan fingerprint density at radius 1 is 1.38 bits per heavy atom. The molecule has 0 saturated heterocycles. The summed E-state index contributed by atoms with van der Waals surface area (Å²) in [6.07, 6.45) is 6.40. The number of aromatic nitrogens is 2. The molecule has 0 spiro atoms. The quantitative estimate of drug-likeness (QED) is 0.694. The maximum Gasteiger partial charge on any atom is 0.176 e. The van der Waals surface area contributed by atoms with Crippen molar-refractivity contribution in [2.24, 2.45) is 0 Å². The minimum absolute atomic E-state index is 0.729. The molecule has 0 aliphatic rings. The Hall–Kier alpha value is -1.77. The fraction of sp³-hybridized carbons (Fsp3) is 0.100. The van der Waals surface area contributed by atoms with Gasteiger partial charge < -0.3 is 10.3 Å². The molecule has 2 aromatic rings. The highest BCUT2D eigenvalue weighted by Crippen LogP contribution is 2.11. The van der Waals surface area contributed by atoms with Crippen molar-refractivity contribution in [3.05, 3.63) is 48.5 Å². The monoisotopic (exact) mass is 172 g/mol. The van der Waals surface area contributed by atoms with Crippen LogP contribution in [0.2, 0.25) is 0 Å². The number of nitrogen functional groups attached to an aromatic ring is 1. The molecule has 0 unspecified atom stereocenters. The van der Waals surface area contributed by atoms with Crippen LogP contribution in [-0.4, -0.2) is 9.55 Å². The largest absolute Gasteiger partial charge is 0.398 e. The Morgan fingerprint density at radius 3 is 2.92 bits per heavy atom. The highest BCUT2D eigenvalue weighted by atomic mass is 15.0. The summed E-state index contributed by atoms with van der Waals surface area (Å²) in [5.41, 5.74) is 7.69. The molecule has 13 heavy (non-hydrogen) atoms. The number of rotatable bonds is 2. The van der Waals surface area contributed by atoms with E-state index >= 15 is 0 Å². The lowest BCUT2D eigenvalue weighted by Crippen LogP contribution is -2.00. The maximum atomic E-state index is 5.79. The zero-order chi connectivity index (χ0) is 9.10. The third-order valence-corrected chi connectivity index (χ3v) is 1.90. The van der Waals surface area contributed by atoms with E-state index in [9.17, 15) is 0 Å². The van der Waals surface area contributed by atoms with Crippen LogP contribution in [0.4, 0.5) is 5.69 Å². The lowest BCUT2D eigenvalue weighted by atomic mass is 10.2. The van der Waals surface area contributed by atoms with Gasteiger partial charge in [-0.1, -0.05) is 18.2 Å². The second kappa shape index (κ2) is 3.31. The first-order chi connectivity index (χ1) is 6.36. The second-order valence-electron chi connectivity index (χ2n) is 2.85. The van der Waals surface area contributed by atoms with Gasteiger partial charge in [0, 0.05) is 18.1 Å². The molecular formula is C10H10N3. The van der Waals surface area contributed by atoms with Crippen molar-refractivity contribution in [3.63, 3.8) is 0 Å². The minimum atomic E-state index is 0.729.